The van der Waals surface area contributed by atoms with Gasteiger partial charge in [-0.15, -0.1) is 0 Å². The molecule has 0 N–H and O–H groups in total. The fourth-order valence-corrected chi connectivity index (χ4v) is 1.61. The zero-order valence-electron chi connectivity index (χ0n) is 14.8. The quantitative estimate of drug-likeness (QED) is 0.310. The monoisotopic (exact) mass is 332 g/mol. The number of carbonyl (C=O) groups is 3. The average molecular weight is 332 g/mol. The summed E-state index contributed by atoms with van der Waals surface area (Å²) >= 11 is 0. The summed E-state index contributed by atoms with van der Waals surface area (Å²) in [7, 11) is 0. The minimum Gasteiger partial charge on any atom is -0.458 e. The van der Waals surface area contributed by atoms with Crippen molar-refractivity contribution in [3.05, 3.63) is 35.1 Å². The van der Waals surface area contributed by atoms with Crippen molar-refractivity contribution in [2.24, 2.45) is 0 Å². The van der Waals surface area contributed by atoms with Crippen LogP contribution >= 0.6 is 0 Å². The van der Waals surface area contributed by atoms with Gasteiger partial charge in [-0.25, -0.2) is 0 Å². The van der Waals surface area contributed by atoms with Gasteiger partial charge in [0.15, 0.2) is 0 Å². The smallest absolute Gasteiger partial charge is 0.307 e. The first-order valence-electron chi connectivity index (χ1n) is 7.55. The molecule has 0 radical (unpaired) electrons. The second-order valence-electron chi connectivity index (χ2n) is 5.38. The lowest BCUT2D eigenvalue weighted by molar-refractivity contribution is -0.144. The van der Waals surface area contributed by atoms with E-state index in [4.69, 9.17) is 9.47 Å². The summed E-state index contributed by atoms with van der Waals surface area (Å²) < 4.78 is 10.0. The van der Waals surface area contributed by atoms with Crippen LogP contribution in [-0.2, 0) is 23.9 Å². The molecule has 0 fully saturated rings. The van der Waals surface area contributed by atoms with Crippen LogP contribution in [-0.4, -0.2) is 24.3 Å². The van der Waals surface area contributed by atoms with E-state index in [1.165, 1.54) is 20.1 Å². The molecule has 0 saturated heterocycles. The Labute approximate surface area is 143 Å². The van der Waals surface area contributed by atoms with Crippen molar-refractivity contribution in [3.8, 4) is 11.8 Å². The topological polar surface area (TPSA) is 69.7 Å². The molecule has 0 amide bonds. The largest absolute Gasteiger partial charge is 0.458 e. The fraction of sp³-hybridized carbons (Fsp3) is 0.421. The second-order valence-corrected chi connectivity index (χ2v) is 5.38. The lowest BCUT2D eigenvalue weighted by Gasteiger charge is -2.17. The minimum absolute atomic E-state index is 0.00155. The molecule has 0 unspecified atom stereocenters. The summed E-state index contributed by atoms with van der Waals surface area (Å²) in [5.41, 5.74) is 2.32. The SMILES string of the molecule is CC(=O)O/C=C(/CC=O)[C@H](C/C=C(\C)C#CC=C(C)C)OC(C)=O. The molecule has 0 aliphatic rings. The van der Waals surface area contributed by atoms with Crippen molar-refractivity contribution in [1.29, 1.82) is 0 Å². The predicted octanol–water partition coefficient (Wildman–Crippen LogP) is 3.26. The van der Waals surface area contributed by atoms with Crippen LogP contribution in [0.3, 0.4) is 0 Å². The van der Waals surface area contributed by atoms with Crippen molar-refractivity contribution in [1.82, 2.24) is 0 Å². The number of hydrogen-bond donors (Lipinski definition) is 0. The summed E-state index contributed by atoms with van der Waals surface area (Å²) in [4.78, 5) is 33.1. The van der Waals surface area contributed by atoms with Crippen molar-refractivity contribution < 1.29 is 23.9 Å². The fourth-order valence-electron chi connectivity index (χ4n) is 1.61. The number of ether oxygens (including phenoxy) is 2. The Kier molecular flexibility index (Phi) is 10.6. The Bertz CT molecular complexity index is 607. The first-order chi connectivity index (χ1) is 11.3. The molecule has 0 aromatic heterocycles. The van der Waals surface area contributed by atoms with Gasteiger partial charge in [-0.1, -0.05) is 23.5 Å². The predicted molar refractivity (Wildman–Crippen MR) is 91.7 cm³/mol. The van der Waals surface area contributed by atoms with Crippen LogP contribution in [0.5, 0.6) is 0 Å². The third-order valence-electron chi connectivity index (χ3n) is 2.69. The van der Waals surface area contributed by atoms with Gasteiger partial charge in [0.2, 0.25) is 0 Å². The molecule has 0 aromatic rings. The molecular formula is C19H24O5. The van der Waals surface area contributed by atoms with Gasteiger partial charge in [0.1, 0.15) is 12.4 Å². The lowest BCUT2D eigenvalue weighted by Crippen LogP contribution is -2.19. The number of carbonyl (C=O) groups excluding carboxylic acids is 3. The van der Waals surface area contributed by atoms with Gasteiger partial charge in [-0.3, -0.25) is 9.59 Å². The van der Waals surface area contributed by atoms with E-state index in [0.29, 0.717) is 18.3 Å². The van der Waals surface area contributed by atoms with Gasteiger partial charge in [-0.05, 0) is 32.4 Å². The summed E-state index contributed by atoms with van der Waals surface area (Å²) in [6, 6.07) is 0. The molecule has 0 aliphatic heterocycles. The lowest BCUT2D eigenvalue weighted by atomic mass is 10.0. The number of aldehydes is 1. The van der Waals surface area contributed by atoms with Crippen LogP contribution in [0.25, 0.3) is 0 Å². The standard InChI is InChI=1S/C19H24O5/c1-14(2)7-6-8-15(3)9-10-19(24-17(5)22)18(11-12-20)13-23-16(4)21/h7,9,12-13,19H,10-11H2,1-5H3/b15-9+,18-13-/t19-/m0/s1. The van der Waals surface area contributed by atoms with E-state index in [0.717, 1.165) is 11.1 Å². The molecule has 0 aliphatic carbocycles. The molecule has 24 heavy (non-hydrogen) atoms. The molecule has 5 nitrogen and oxygen atoms in total. The highest BCUT2D eigenvalue weighted by Crippen LogP contribution is 2.16. The Morgan fingerprint density at radius 2 is 1.75 bits per heavy atom. The Balaban J connectivity index is 5.27. The maximum atomic E-state index is 11.3. The molecule has 1 atom stereocenters. The van der Waals surface area contributed by atoms with Crippen molar-refractivity contribution in [3.63, 3.8) is 0 Å². The molecule has 0 bridgehead atoms. The number of hydrogen-bond acceptors (Lipinski definition) is 5. The third-order valence-corrected chi connectivity index (χ3v) is 2.69. The van der Waals surface area contributed by atoms with E-state index in [9.17, 15) is 14.4 Å². The molecule has 0 heterocycles. The highest BCUT2D eigenvalue weighted by atomic mass is 16.5. The second kappa shape index (κ2) is 11.9. The van der Waals surface area contributed by atoms with E-state index in [1.807, 2.05) is 26.8 Å². The summed E-state index contributed by atoms with van der Waals surface area (Å²) in [5.74, 6) is 4.88. The van der Waals surface area contributed by atoms with Crippen molar-refractivity contribution >= 4 is 18.2 Å². The van der Waals surface area contributed by atoms with Gasteiger partial charge in [0, 0.05) is 32.3 Å². The van der Waals surface area contributed by atoms with Gasteiger partial charge in [-0.2, -0.15) is 0 Å². The Morgan fingerprint density at radius 1 is 1.08 bits per heavy atom. The molecular weight excluding hydrogens is 308 g/mol. The Morgan fingerprint density at radius 3 is 2.25 bits per heavy atom. The van der Waals surface area contributed by atoms with E-state index in [2.05, 4.69) is 11.8 Å². The number of esters is 2. The van der Waals surface area contributed by atoms with Gasteiger partial charge >= 0.3 is 11.9 Å². The summed E-state index contributed by atoms with van der Waals surface area (Å²) in [6.45, 7) is 8.28. The van der Waals surface area contributed by atoms with E-state index in [-0.39, 0.29) is 6.42 Å². The molecule has 0 rings (SSSR count). The van der Waals surface area contributed by atoms with Crippen molar-refractivity contribution in [2.75, 3.05) is 0 Å². The van der Waals surface area contributed by atoms with Gasteiger partial charge in [0.05, 0.1) is 6.26 Å². The zero-order chi connectivity index (χ0) is 18.5. The van der Waals surface area contributed by atoms with Crippen LogP contribution in [0.2, 0.25) is 0 Å². The van der Waals surface area contributed by atoms with E-state index >= 15 is 0 Å². The van der Waals surface area contributed by atoms with Crippen molar-refractivity contribution in [2.45, 2.75) is 53.6 Å². The first-order valence-corrected chi connectivity index (χ1v) is 7.55. The maximum Gasteiger partial charge on any atom is 0.307 e. The maximum absolute atomic E-state index is 11.3. The van der Waals surface area contributed by atoms with Crippen LogP contribution < -0.4 is 0 Å². The zero-order valence-corrected chi connectivity index (χ0v) is 14.8. The number of rotatable bonds is 7. The summed E-state index contributed by atoms with van der Waals surface area (Å²) in [6.07, 6.45) is 5.09. The van der Waals surface area contributed by atoms with E-state index in [1.54, 1.807) is 6.08 Å². The van der Waals surface area contributed by atoms with E-state index < -0.39 is 18.0 Å². The first kappa shape index (κ1) is 21.4. The van der Waals surface area contributed by atoms with Crippen LogP contribution in [0.1, 0.15) is 47.5 Å². The Hall–Kier alpha value is -2.61. The molecule has 130 valence electrons. The molecule has 0 spiro atoms. The molecule has 0 saturated carbocycles. The molecule has 0 aromatic carbocycles. The normalized spacial score (nSPS) is 12.4. The van der Waals surface area contributed by atoms with Crippen LogP contribution in [0.15, 0.2) is 35.1 Å². The highest BCUT2D eigenvalue weighted by Gasteiger charge is 2.17. The summed E-state index contributed by atoms with van der Waals surface area (Å²) in [5, 5.41) is 0. The average Bonchev–Trinajstić information content (AvgIpc) is 2.47. The van der Waals surface area contributed by atoms with Crippen LogP contribution in [0.4, 0.5) is 0 Å². The third kappa shape index (κ3) is 11.0. The molecule has 5 heteroatoms. The highest BCUT2D eigenvalue weighted by molar-refractivity contribution is 5.68. The minimum atomic E-state index is -0.688. The number of allylic oxidation sites excluding steroid dienone is 3. The van der Waals surface area contributed by atoms with Crippen LogP contribution in [0, 0.1) is 11.8 Å². The van der Waals surface area contributed by atoms with Gasteiger partial charge in [0.25, 0.3) is 0 Å². The van der Waals surface area contributed by atoms with Gasteiger partial charge < -0.3 is 14.3 Å².